The minimum Gasteiger partial charge on any atom is -0.469 e. The van der Waals surface area contributed by atoms with E-state index in [1.807, 2.05) is 12.1 Å². The first-order valence-electron chi connectivity index (χ1n) is 8.00. The summed E-state index contributed by atoms with van der Waals surface area (Å²) in [5.74, 6) is 0.319. The van der Waals surface area contributed by atoms with E-state index in [4.69, 9.17) is 4.74 Å². The number of esters is 1. The molecule has 23 heavy (non-hydrogen) atoms. The standard InChI is InChI=1S/C17H24N2O4/c1-18(12-14-5-9-16(10-6-14)19(21)22)15-7-3-13(4-8-15)11-17(20)23-2/h5-6,9-10,13,15H,3-4,7-8,11-12H2,1-2H3/t13-,15-. The number of hydrogen-bond acceptors (Lipinski definition) is 5. The third-order valence-electron chi connectivity index (χ3n) is 4.70. The minimum absolute atomic E-state index is 0.118. The van der Waals surface area contributed by atoms with Gasteiger partial charge in [-0.05, 0) is 44.2 Å². The maximum Gasteiger partial charge on any atom is 0.305 e. The van der Waals surface area contributed by atoms with Gasteiger partial charge in [-0.2, -0.15) is 0 Å². The molecule has 1 fully saturated rings. The lowest BCUT2D eigenvalue weighted by molar-refractivity contribution is -0.384. The lowest BCUT2D eigenvalue weighted by Crippen LogP contribution is -2.35. The molecule has 1 saturated carbocycles. The van der Waals surface area contributed by atoms with E-state index in [-0.39, 0.29) is 16.6 Å². The van der Waals surface area contributed by atoms with E-state index in [9.17, 15) is 14.9 Å². The monoisotopic (exact) mass is 320 g/mol. The van der Waals surface area contributed by atoms with Crippen molar-refractivity contribution >= 4 is 11.7 Å². The van der Waals surface area contributed by atoms with Crippen molar-refractivity contribution in [2.75, 3.05) is 14.2 Å². The van der Waals surface area contributed by atoms with Gasteiger partial charge >= 0.3 is 5.97 Å². The van der Waals surface area contributed by atoms with Crippen molar-refractivity contribution in [2.24, 2.45) is 5.92 Å². The molecule has 0 aromatic heterocycles. The number of carbonyl (C=O) groups excluding carboxylic acids is 1. The van der Waals surface area contributed by atoms with Crippen LogP contribution in [-0.2, 0) is 16.1 Å². The summed E-state index contributed by atoms with van der Waals surface area (Å²) < 4.78 is 4.74. The molecule has 0 radical (unpaired) electrons. The molecule has 0 unspecified atom stereocenters. The quantitative estimate of drug-likeness (QED) is 0.457. The normalized spacial score (nSPS) is 21.2. The molecule has 0 spiro atoms. The Kier molecular flexibility index (Phi) is 6.10. The van der Waals surface area contributed by atoms with Gasteiger partial charge in [0.15, 0.2) is 0 Å². The fourth-order valence-electron chi connectivity index (χ4n) is 3.25. The maximum atomic E-state index is 11.3. The molecular weight excluding hydrogens is 296 g/mol. The molecule has 126 valence electrons. The van der Waals surface area contributed by atoms with E-state index in [0.717, 1.165) is 37.8 Å². The zero-order chi connectivity index (χ0) is 16.8. The second-order valence-electron chi connectivity index (χ2n) is 6.29. The highest BCUT2D eigenvalue weighted by Gasteiger charge is 2.25. The van der Waals surface area contributed by atoms with E-state index in [1.165, 1.54) is 7.11 Å². The predicted molar refractivity (Wildman–Crippen MR) is 86.9 cm³/mol. The predicted octanol–water partition coefficient (Wildman–Crippen LogP) is 3.15. The van der Waals surface area contributed by atoms with E-state index in [1.54, 1.807) is 12.1 Å². The van der Waals surface area contributed by atoms with Crippen LogP contribution in [0.3, 0.4) is 0 Å². The summed E-state index contributed by atoms with van der Waals surface area (Å²) in [6.45, 7) is 0.782. The summed E-state index contributed by atoms with van der Waals surface area (Å²) in [5, 5.41) is 10.7. The van der Waals surface area contributed by atoms with Crippen LogP contribution in [0.15, 0.2) is 24.3 Å². The fourth-order valence-corrected chi connectivity index (χ4v) is 3.25. The molecule has 1 aromatic carbocycles. The highest BCUT2D eigenvalue weighted by Crippen LogP contribution is 2.30. The Morgan fingerprint density at radius 2 is 1.87 bits per heavy atom. The van der Waals surface area contributed by atoms with Crippen LogP contribution < -0.4 is 0 Å². The Balaban J connectivity index is 1.81. The first-order valence-corrected chi connectivity index (χ1v) is 8.00. The van der Waals surface area contributed by atoms with Gasteiger partial charge in [-0.25, -0.2) is 0 Å². The van der Waals surface area contributed by atoms with Crippen LogP contribution in [0, 0.1) is 16.0 Å². The fraction of sp³-hybridized carbons (Fsp3) is 0.588. The highest BCUT2D eigenvalue weighted by atomic mass is 16.6. The number of nitro groups is 1. The Morgan fingerprint density at radius 3 is 2.39 bits per heavy atom. The number of carbonyl (C=O) groups is 1. The molecule has 1 aromatic rings. The number of non-ortho nitro benzene ring substituents is 1. The van der Waals surface area contributed by atoms with Gasteiger partial charge in [-0.3, -0.25) is 19.8 Å². The molecule has 2 rings (SSSR count). The van der Waals surface area contributed by atoms with E-state index >= 15 is 0 Å². The average molecular weight is 320 g/mol. The van der Waals surface area contributed by atoms with E-state index in [0.29, 0.717) is 18.4 Å². The van der Waals surface area contributed by atoms with Gasteiger partial charge in [0.2, 0.25) is 0 Å². The topological polar surface area (TPSA) is 72.7 Å². The third kappa shape index (κ3) is 5.03. The number of ether oxygens (including phenoxy) is 1. The lowest BCUT2D eigenvalue weighted by Gasteiger charge is -2.34. The number of hydrogen-bond donors (Lipinski definition) is 0. The zero-order valence-corrected chi connectivity index (χ0v) is 13.7. The Bertz CT molecular complexity index is 536. The number of benzene rings is 1. The summed E-state index contributed by atoms with van der Waals surface area (Å²) in [5.41, 5.74) is 1.20. The molecule has 6 nitrogen and oxygen atoms in total. The second-order valence-corrected chi connectivity index (χ2v) is 6.29. The van der Waals surface area contributed by atoms with Crippen LogP contribution in [0.4, 0.5) is 5.69 Å². The molecule has 6 heteroatoms. The van der Waals surface area contributed by atoms with Crippen LogP contribution >= 0.6 is 0 Å². The summed E-state index contributed by atoms with van der Waals surface area (Å²) >= 11 is 0. The first-order chi connectivity index (χ1) is 11.0. The largest absolute Gasteiger partial charge is 0.469 e. The number of nitrogens with zero attached hydrogens (tertiary/aromatic N) is 2. The third-order valence-corrected chi connectivity index (χ3v) is 4.70. The van der Waals surface area contributed by atoms with E-state index < -0.39 is 0 Å². The van der Waals surface area contributed by atoms with Gasteiger partial charge in [0, 0.05) is 31.1 Å². The van der Waals surface area contributed by atoms with Crippen molar-refractivity contribution in [1.29, 1.82) is 0 Å². The SMILES string of the molecule is COC(=O)C[C@H]1CC[C@H](N(C)Cc2ccc([N+](=O)[O-])cc2)CC1. The molecular formula is C17H24N2O4. The van der Waals surface area contributed by atoms with Gasteiger partial charge < -0.3 is 4.74 Å². The average Bonchev–Trinajstić information content (AvgIpc) is 2.55. The Hall–Kier alpha value is -1.95. The van der Waals surface area contributed by atoms with E-state index in [2.05, 4.69) is 11.9 Å². The molecule has 0 atom stereocenters. The Morgan fingerprint density at radius 1 is 1.26 bits per heavy atom. The summed E-state index contributed by atoms with van der Waals surface area (Å²) in [7, 11) is 3.53. The Labute approximate surface area is 136 Å². The number of methoxy groups -OCH3 is 1. The van der Waals surface area contributed by atoms with Crippen molar-refractivity contribution in [1.82, 2.24) is 4.90 Å². The number of nitro benzene ring substituents is 1. The smallest absolute Gasteiger partial charge is 0.305 e. The van der Waals surface area contributed by atoms with Crippen molar-refractivity contribution in [3.8, 4) is 0 Å². The van der Waals surface area contributed by atoms with Gasteiger partial charge in [0.05, 0.1) is 12.0 Å². The molecule has 1 aliphatic rings. The summed E-state index contributed by atoms with van der Waals surface area (Å²) in [4.78, 5) is 23.9. The molecule has 0 bridgehead atoms. The van der Waals surface area contributed by atoms with Gasteiger partial charge in [0.1, 0.15) is 0 Å². The van der Waals surface area contributed by atoms with Crippen LogP contribution in [-0.4, -0.2) is 36.0 Å². The molecule has 0 saturated heterocycles. The minimum atomic E-state index is -0.379. The van der Waals surface area contributed by atoms with Gasteiger partial charge in [0.25, 0.3) is 5.69 Å². The van der Waals surface area contributed by atoms with Gasteiger partial charge in [-0.15, -0.1) is 0 Å². The highest BCUT2D eigenvalue weighted by molar-refractivity contribution is 5.69. The first kappa shape index (κ1) is 17.4. The molecule has 0 N–H and O–H groups in total. The zero-order valence-electron chi connectivity index (χ0n) is 13.7. The van der Waals surface area contributed by atoms with Crippen molar-refractivity contribution in [3.63, 3.8) is 0 Å². The van der Waals surface area contributed by atoms with Crippen LogP contribution in [0.1, 0.15) is 37.7 Å². The summed E-state index contributed by atoms with van der Waals surface area (Å²) in [6, 6.07) is 7.24. The second kappa shape index (κ2) is 8.06. The summed E-state index contributed by atoms with van der Waals surface area (Å²) in [6.07, 6.45) is 4.76. The van der Waals surface area contributed by atoms with Crippen molar-refractivity contribution < 1.29 is 14.5 Å². The van der Waals surface area contributed by atoms with Crippen molar-refractivity contribution in [3.05, 3.63) is 39.9 Å². The van der Waals surface area contributed by atoms with Crippen LogP contribution in [0.2, 0.25) is 0 Å². The van der Waals surface area contributed by atoms with Crippen LogP contribution in [0.5, 0.6) is 0 Å². The lowest BCUT2D eigenvalue weighted by atomic mass is 9.83. The maximum absolute atomic E-state index is 11.3. The van der Waals surface area contributed by atoms with Crippen LogP contribution in [0.25, 0.3) is 0 Å². The van der Waals surface area contributed by atoms with Gasteiger partial charge in [-0.1, -0.05) is 12.1 Å². The molecule has 0 amide bonds. The molecule has 0 aliphatic heterocycles. The molecule has 1 aliphatic carbocycles. The number of rotatable bonds is 6. The van der Waals surface area contributed by atoms with Crippen molar-refractivity contribution in [2.45, 2.75) is 44.7 Å². The molecule has 0 heterocycles.